The summed E-state index contributed by atoms with van der Waals surface area (Å²) in [6.45, 7) is 0. The largest absolute Gasteiger partial charge is 0.452 e. The van der Waals surface area contributed by atoms with Crippen molar-refractivity contribution in [3.8, 4) is 11.5 Å². The lowest BCUT2D eigenvalue weighted by molar-refractivity contribution is 0.0739. The van der Waals surface area contributed by atoms with E-state index < -0.39 is 5.97 Å². The van der Waals surface area contributed by atoms with Crippen molar-refractivity contribution in [2.75, 3.05) is 0 Å². The summed E-state index contributed by atoms with van der Waals surface area (Å²) in [5.41, 5.74) is 2.30. The highest BCUT2D eigenvalue weighted by Gasteiger charge is 2.28. The van der Waals surface area contributed by atoms with Crippen molar-refractivity contribution < 1.29 is 19.1 Å². The smallest absolute Gasteiger partial charge is 0.353 e. The predicted molar refractivity (Wildman–Crippen MR) is 107 cm³/mol. The molecule has 4 aromatic rings. The molecule has 5 nitrogen and oxygen atoms in total. The first-order chi connectivity index (χ1) is 13.7. The monoisotopic (exact) mass is 387 g/mol. The van der Waals surface area contributed by atoms with Gasteiger partial charge in [-0.25, -0.2) is 4.79 Å². The van der Waals surface area contributed by atoms with E-state index >= 15 is 0 Å². The van der Waals surface area contributed by atoms with Gasteiger partial charge in [0.15, 0.2) is 5.76 Å². The number of hydrogen-bond donors (Lipinski definition) is 1. The number of thiophene rings is 1. The molecule has 1 aliphatic heterocycles. The summed E-state index contributed by atoms with van der Waals surface area (Å²) < 4.78 is 11.1. The van der Waals surface area contributed by atoms with Crippen LogP contribution in [0.15, 0.2) is 71.9 Å². The summed E-state index contributed by atoms with van der Waals surface area (Å²) in [6.07, 6.45) is 3.56. The first-order valence-electron chi connectivity index (χ1n) is 8.59. The number of carbonyl (C=O) groups is 2. The number of Topliss-reactive ketones (excluding diaryl/α,β-unsaturated/α-hetero) is 1. The van der Waals surface area contributed by atoms with Crippen molar-refractivity contribution in [3.63, 3.8) is 0 Å². The number of ether oxygens (including phenoxy) is 2. The molecule has 0 unspecified atom stereocenters. The van der Waals surface area contributed by atoms with Crippen LogP contribution in [0.5, 0.6) is 11.5 Å². The summed E-state index contributed by atoms with van der Waals surface area (Å²) in [7, 11) is 0. The van der Waals surface area contributed by atoms with Gasteiger partial charge in [-0.2, -0.15) is 0 Å². The third-order valence-corrected chi connectivity index (χ3v) is 5.33. The zero-order chi connectivity index (χ0) is 19.1. The maximum Gasteiger partial charge on any atom is 0.353 e. The Balaban J connectivity index is 1.43. The van der Waals surface area contributed by atoms with E-state index in [-0.39, 0.29) is 11.5 Å². The number of rotatable bonds is 3. The topological polar surface area (TPSA) is 68.4 Å². The Morgan fingerprint density at radius 1 is 1.11 bits per heavy atom. The average molecular weight is 387 g/mol. The highest BCUT2D eigenvalue weighted by atomic mass is 32.1. The predicted octanol–water partition coefficient (Wildman–Crippen LogP) is 5.06. The van der Waals surface area contributed by atoms with Gasteiger partial charge in [0, 0.05) is 28.7 Å². The molecule has 136 valence electrons. The van der Waals surface area contributed by atoms with Crippen molar-refractivity contribution in [2.45, 2.75) is 0 Å². The fourth-order valence-corrected chi connectivity index (χ4v) is 3.74. The molecule has 28 heavy (non-hydrogen) atoms. The normalized spacial score (nSPS) is 14.3. The van der Waals surface area contributed by atoms with Crippen LogP contribution in [-0.4, -0.2) is 16.7 Å². The molecule has 1 aliphatic rings. The van der Waals surface area contributed by atoms with Gasteiger partial charge in [-0.15, -0.1) is 11.3 Å². The number of esters is 1. The SMILES string of the molecule is O=C(Oc1ccc2c(c1)O/C(=C\c1c[nH]c3ccccc13)C2=O)c1cccs1. The van der Waals surface area contributed by atoms with Crippen LogP contribution in [0.2, 0.25) is 0 Å². The highest BCUT2D eigenvalue weighted by Crippen LogP contribution is 2.35. The molecule has 0 atom stereocenters. The summed E-state index contributed by atoms with van der Waals surface area (Å²) in [5, 5.41) is 2.82. The minimum atomic E-state index is -0.436. The van der Waals surface area contributed by atoms with Gasteiger partial charge >= 0.3 is 5.97 Å². The van der Waals surface area contributed by atoms with Gasteiger partial charge in [0.05, 0.1) is 5.56 Å². The van der Waals surface area contributed by atoms with Crippen LogP contribution < -0.4 is 9.47 Å². The lowest BCUT2D eigenvalue weighted by Crippen LogP contribution is -2.06. The molecule has 6 heteroatoms. The Morgan fingerprint density at radius 2 is 2.00 bits per heavy atom. The van der Waals surface area contributed by atoms with Gasteiger partial charge < -0.3 is 14.5 Å². The second-order valence-corrected chi connectivity index (χ2v) is 7.20. The van der Waals surface area contributed by atoms with Crippen molar-refractivity contribution in [1.29, 1.82) is 0 Å². The molecule has 0 fully saturated rings. The van der Waals surface area contributed by atoms with Gasteiger partial charge in [0.1, 0.15) is 16.4 Å². The number of nitrogens with one attached hydrogen (secondary N) is 1. The minimum absolute atomic E-state index is 0.198. The fraction of sp³-hybridized carbons (Fsp3) is 0. The van der Waals surface area contributed by atoms with E-state index in [0.29, 0.717) is 21.9 Å². The molecule has 0 radical (unpaired) electrons. The molecule has 0 saturated heterocycles. The summed E-state index contributed by atoms with van der Waals surface area (Å²) >= 11 is 1.31. The molecule has 3 heterocycles. The molecule has 2 aromatic heterocycles. The van der Waals surface area contributed by atoms with Crippen molar-refractivity contribution in [2.24, 2.45) is 0 Å². The Labute approximate surface area is 163 Å². The Morgan fingerprint density at radius 3 is 2.86 bits per heavy atom. The van der Waals surface area contributed by atoms with Gasteiger partial charge in [0.25, 0.3) is 0 Å². The summed E-state index contributed by atoms with van der Waals surface area (Å²) in [5.74, 6) is 0.317. The third-order valence-electron chi connectivity index (χ3n) is 4.48. The number of ketones is 1. The molecular formula is C22H13NO4S. The van der Waals surface area contributed by atoms with Gasteiger partial charge in [-0.1, -0.05) is 24.3 Å². The van der Waals surface area contributed by atoms with E-state index in [1.807, 2.05) is 35.8 Å². The molecule has 0 amide bonds. The van der Waals surface area contributed by atoms with Crippen molar-refractivity contribution in [1.82, 2.24) is 4.98 Å². The van der Waals surface area contributed by atoms with Crippen molar-refractivity contribution >= 4 is 40.1 Å². The van der Waals surface area contributed by atoms with Gasteiger partial charge in [-0.05, 0) is 35.7 Å². The molecule has 5 rings (SSSR count). The van der Waals surface area contributed by atoms with Gasteiger partial charge in [-0.3, -0.25) is 4.79 Å². The highest BCUT2D eigenvalue weighted by molar-refractivity contribution is 7.12. The lowest BCUT2D eigenvalue weighted by Gasteiger charge is -2.04. The summed E-state index contributed by atoms with van der Waals surface area (Å²) in [6, 6.07) is 16.1. The maximum atomic E-state index is 12.7. The molecule has 1 N–H and O–H groups in total. The second kappa shape index (κ2) is 6.51. The quantitative estimate of drug-likeness (QED) is 0.303. The standard InChI is InChI=1S/C22H13NO4S/c24-21-16-8-7-14(26-22(25)20-6-3-9-28-20)11-18(16)27-19(21)10-13-12-23-17-5-2-1-4-15(13)17/h1-12,23H/b19-10-. The molecule has 0 bridgehead atoms. The Kier molecular flexibility index (Phi) is 3.84. The zero-order valence-corrected chi connectivity index (χ0v) is 15.3. The van der Waals surface area contributed by atoms with Crippen LogP contribution in [0.1, 0.15) is 25.6 Å². The molecule has 2 aromatic carbocycles. The van der Waals surface area contributed by atoms with Crippen molar-refractivity contribution in [3.05, 3.63) is 87.9 Å². The maximum absolute atomic E-state index is 12.7. The van der Waals surface area contributed by atoms with Crippen LogP contribution in [-0.2, 0) is 0 Å². The van der Waals surface area contributed by atoms with Crippen LogP contribution in [0.4, 0.5) is 0 Å². The first-order valence-corrected chi connectivity index (χ1v) is 9.47. The second-order valence-electron chi connectivity index (χ2n) is 6.25. The Bertz CT molecular complexity index is 1250. The molecule has 0 aliphatic carbocycles. The zero-order valence-electron chi connectivity index (χ0n) is 14.5. The first kappa shape index (κ1) is 16.5. The number of allylic oxidation sites excluding steroid dienone is 1. The average Bonchev–Trinajstić information content (AvgIpc) is 3.43. The molecule has 0 spiro atoms. The number of H-pyrrole nitrogens is 1. The molecule has 0 saturated carbocycles. The number of fused-ring (bicyclic) bond motifs is 2. The minimum Gasteiger partial charge on any atom is -0.452 e. The van der Waals surface area contributed by atoms with E-state index in [1.165, 1.54) is 11.3 Å². The van der Waals surface area contributed by atoms with Crippen LogP contribution in [0.3, 0.4) is 0 Å². The lowest BCUT2D eigenvalue weighted by atomic mass is 10.1. The van der Waals surface area contributed by atoms with E-state index in [0.717, 1.165) is 16.5 Å². The fourth-order valence-electron chi connectivity index (χ4n) is 3.14. The number of benzene rings is 2. The Hall–Kier alpha value is -3.64. The van der Waals surface area contributed by atoms with E-state index in [9.17, 15) is 9.59 Å². The number of hydrogen-bond acceptors (Lipinski definition) is 5. The number of aromatic amines is 1. The van der Waals surface area contributed by atoms with Gasteiger partial charge in [0.2, 0.25) is 5.78 Å². The summed E-state index contributed by atoms with van der Waals surface area (Å²) in [4.78, 5) is 28.5. The van der Waals surface area contributed by atoms with Crippen LogP contribution in [0.25, 0.3) is 17.0 Å². The van der Waals surface area contributed by atoms with E-state index in [4.69, 9.17) is 9.47 Å². The number of aromatic nitrogens is 1. The number of carbonyl (C=O) groups excluding carboxylic acids is 2. The van der Waals surface area contributed by atoms with Crippen LogP contribution >= 0.6 is 11.3 Å². The third kappa shape index (κ3) is 2.80. The van der Waals surface area contributed by atoms with E-state index in [2.05, 4.69) is 4.98 Å². The number of para-hydroxylation sites is 1. The van der Waals surface area contributed by atoms with Crippen LogP contribution in [0, 0.1) is 0 Å². The van der Waals surface area contributed by atoms with E-state index in [1.54, 1.807) is 36.4 Å². The molecular weight excluding hydrogens is 374 g/mol.